The van der Waals surface area contributed by atoms with E-state index in [1.54, 1.807) is 6.92 Å². The Kier molecular flexibility index (Phi) is 1.26. The topological polar surface area (TPSA) is 52.6 Å². The van der Waals surface area contributed by atoms with Gasteiger partial charge in [-0.3, -0.25) is 0 Å². The molecule has 48 valence electrons. The summed E-state index contributed by atoms with van der Waals surface area (Å²) < 4.78 is 28.9. The fraction of sp³-hybridized carbons (Fsp3) is 1.00. The average molecular weight is 138 g/mol. The minimum absolute atomic E-state index is 0.141. The van der Waals surface area contributed by atoms with Gasteiger partial charge in [-0.05, 0) is 6.92 Å². The molecule has 0 aliphatic carbocycles. The van der Waals surface area contributed by atoms with E-state index >= 15 is 0 Å². The van der Waals surface area contributed by atoms with Crippen molar-refractivity contribution < 1.29 is 16.8 Å². The Labute approximate surface area is 47.7 Å². The van der Waals surface area contributed by atoms with E-state index in [9.17, 15) is 8.42 Å². The Morgan fingerprint density at radius 1 is 1.62 bits per heavy atom. The minimum Gasteiger partial charge on any atom is -0.245 e. The molecule has 1 atom stereocenters. The van der Waals surface area contributed by atoms with Crippen molar-refractivity contribution in [1.29, 1.82) is 0 Å². The summed E-state index contributed by atoms with van der Waals surface area (Å²) >= 11 is 0. The Bertz CT molecular complexity index is 170. The maximum Gasteiger partial charge on any atom is 0.400 e. The second-order valence-corrected chi connectivity index (χ2v) is 2.84. The first-order valence-electron chi connectivity index (χ1n) is 2.18. The van der Waals surface area contributed by atoms with Crippen LogP contribution in [0.2, 0.25) is 0 Å². The molecule has 1 unspecified atom stereocenters. The Morgan fingerprint density at radius 2 is 2.25 bits per heavy atom. The van der Waals surface area contributed by atoms with Gasteiger partial charge in [0.2, 0.25) is 0 Å². The van der Waals surface area contributed by atoms with Crippen LogP contribution in [-0.4, -0.2) is 21.1 Å². The van der Waals surface area contributed by atoms with Crippen molar-refractivity contribution in [3.63, 3.8) is 0 Å². The zero-order valence-electron chi connectivity index (χ0n) is 4.33. The fourth-order valence-corrected chi connectivity index (χ4v) is 1.31. The van der Waals surface area contributed by atoms with E-state index < -0.39 is 10.4 Å². The summed E-state index contributed by atoms with van der Waals surface area (Å²) in [6.45, 7) is 1.77. The van der Waals surface area contributed by atoms with E-state index in [0.717, 1.165) is 0 Å². The third-order valence-corrected chi connectivity index (χ3v) is 1.72. The summed E-state index contributed by atoms with van der Waals surface area (Å²) in [7, 11) is -3.60. The van der Waals surface area contributed by atoms with Crippen LogP contribution in [0, 0.1) is 0 Å². The Hall–Kier alpha value is -0.130. The second kappa shape index (κ2) is 1.68. The molecule has 5 heteroatoms. The number of hydrogen-bond acceptors (Lipinski definition) is 4. The fourth-order valence-electron chi connectivity index (χ4n) is 0.436. The predicted molar refractivity (Wildman–Crippen MR) is 25.4 cm³/mol. The molecule has 1 saturated heterocycles. The van der Waals surface area contributed by atoms with E-state index in [-0.39, 0.29) is 12.7 Å². The third-order valence-electron chi connectivity index (χ3n) is 0.729. The van der Waals surface area contributed by atoms with Gasteiger partial charge in [-0.15, -0.1) is 0 Å². The van der Waals surface area contributed by atoms with E-state index in [4.69, 9.17) is 0 Å². The smallest absolute Gasteiger partial charge is 0.245 e. The van der Waals surface area contributed by atoms with Crippen molar-refractivity contribution >= 4 is 10.4 Å². The van der Waals surface area contributed by atoms with Gasteiger partial charge in [-0.1, -0.05) is 0 Å². The molecule has 0 spiro atoms. The van der Waals surface area contributed by atoms with Crippen LogP contribution in [0.25, 0.3) is 0 Å². The molecule has 8 heavy (non-hydrogen) atoms. The molecule has 1 heterocycles. The maximum atomic E-state index is 10.2. The largest absolute Gasteiger partial charge is 0.400 e. The van der Waals surface area contributed by atoms with E-state index in [2.05, 4.69) is 8.37 Å². The van der Waals surface area contributed by atoms with Gasteiger partial charge in [0.1, 0.15) is 6.10 Å². The van der Waals surface area contributed by atoms with Crippen molar-refractivity contribution in [3.05, 3.63) is 0 Å². The molecule has 0 aromatic rings. The van der Waals surface area contributed by atoms with Crippen molar-refractivity contribution in [2.45, 2.75) is 13.0 Å². The van der Waals surface area contributed by atoms with Crippen LogP contribution in [0.4, 0.5) is 0 Å². The van der Waals surface area contributed by atoms with Crippen LogP contribution >= 0.6 is 0 Å². The highest BCUT2D eigenvalue weighted by Crippen LogP contribution is 2.10. The first kappa shape index (κ1) is 6.00. The molecule has 0 aromatic heterocycles. The SMILES string of the molecule is CC1COS(=O)(=O)O1. The molecule has 1 aliphatic rings. The molecule has 0 bridgehead atoms. The third kappa shape index (κ3) is 1.18. The van der Waals surface area contributed by atoms with Crippen molar-refractivity contribution in [1.82, 2.24) is 0 Å². The first-order valence-corrected chi connectivity index (χ1v) is 3.51. The zero-order chi connectivity index (χ0) is 6.20. The van der Waals surface area contributed by atoms with E-state index in [1.807, 2.05) is 0 Å². The van der Waals surface area contributed by atoms with Gasteiger partial charge in [0.05, 0.1) is 6.61 Å². The summed E-state index contributed by atoms with van der Waals surface area (Å²) in [6, 6.07) is 0. The molecule has 0 radical (unpaired) electrons. The highest BCUT2D eigenvalue weighted by atomic mass is 32.3. The number of hydrogen-bond donors (Lipinski definition) is 0. The van der Waals surface area contributed by atoms with Crippen LogP contribution < -0.4 is 0 Å². The summed E-state index contributed by atoms with van der Waals surface area (Å²) in [5.74, 6) is 0. The van der Waals surface area contributed by atoms with Crippen LogP contribution in [0.5, 0.6) is 0 Å². The van der Waals surface area contributed by atoms with Gasteiger partial charge >= 0.3 is 10.4 Å². The molecule has 0 amide bonds. The molecule has 1 aliphatic heterocycles. The molecule has 0 saturated carbocycles. The molecule has 1 rings (SSSR count). The van der Waals surface area contributed by atoms with Gasteiger partial charge < -0.3 is 0 Å². The van der Waals surface area contributed by atoms with Crippen LogP contribution in [-0.2, 0) is 18.8 Å². The Morgan fingerprint density at radius 3 is 2.38 bits per heavy atom. The van der Waals surface area contributed by atoms with E-state index in [1.165, 1.54) is 0 Å². The Balaban J connectivity index is 2.71. The normalized spacial score (nSPS) is 35.4. The molecule has 0 N–H and O–H groups in total. The van der Waals surface area contributed by atoms with Crippen molar-refractivity contribution in [3.8, 4) is 0 Å². The van der Waals surface area contributed by atoms with Crippen LogP contribution in [0.15, 0.2) is 0 Å². The maximum absolute atomic E-state index is 10.2. The average Bonchev–Trinajstić information content (AvgIpc) is 1.82. The lowest BCUT2D eigenvalue weighted by molar-refractivity contribution is 0.258. The van der Waals surface area contributed by atoms with Gasteiger partial charge in [0.15, 0.2) is 0 Å². The minimum atomic E-state index is -3.60. The van der Waals surface area contributed by atoms with Crippen LogP contribution in [0.1, 0.15) is 6.92 Å². The molecular weight excluding hydrogens is 132 g/mol. The standard InChI is InChI=1S/C3H6O4S/c1-3-2-6-8(4,5)7-3/h3H,2H2,1H3. The zero-order valence-corrected chi connectivity index (χ0v) is 5.14. The van der Waals surface area contributed by atoms with Crippen LogP contribution in [0.3, 0.4) is 0 Å². The molecule has 1 fully saturated rings. The van der Waals surface area contributed by atoms with Crippen molar-refractivity contribution in [2.24, 2.45) is 0 Å². The lowest BCUT2D eigenvalue weighted by Gasteiger charge is -1.89. The summed E-state index contributed by atoms with van der Waals surface area (Å²) in [6.07, 6.45) is -0.319. The highest BCUT2D eigenvalue weighted by Gasteiger charge is 2.25. The first-order chi connectivity index (χ1) is 3.60. The molecule has 4 nitrogen and oxygen atoms in total. The van der Waals surface area contributed by atoms with E-state index in [0.29, 0.717) is 0 Å². The monoisotopic (exact) mass is 138 g/mol. The van der Waals surface area contributed by atoms with Gasteiger partial charge in [0.25, 0.3) is 0 Å². The quantitative estimate of drug-likeness (QED) is 0.459. The van der Waals surface area contributed by atoms with Gasteiger partial charge in [0, 0.05) is 0 Å². The summed E-state index contributed by atoms with van der Waals surface area (Å²) in [5.41, 5.74) is 0. The lowest BCUT2D eigenvalue weighted by Crippen LogP contribution is -2.02. The van der Waals surface area contributed by atoms with Crippen molar-refractivity contribution in [2.75, 3.05) is 6.61 Å². The van der Waals surface area contributed by atoms with Gasteiger partial charge in [-0.25, -0.2) is 8.37 Å². The predicted octanol–water partition coefficient (Wildman–Crippen LogP) is -0.333. The molecule has 0 aromatic carbocycles. The summed E-state index contributed by atoms with van der Waals surface area (Å²) in [4.78, 5) is 0. The lowest BCUT2D eigenvalue weighted by atomic mass is 10.5. The second-order valence-electron chi connectivity index (χ2n) is 1.60. The highest BCUT2D eigenvalue weighted by molar-refractivity contribution is 7.82. The van der Waals surface area contributed by atoms with Gasteiger partial charge in [-0.2, -0.15) is 8.42 Å². The number of rotatable bonds is 0. The molecular formula is C3H6O4S. The summed E-state index contributed by atoms with van der Waals surface area (Å²) in [5, 5.41) is 0.